The molecule has 0 bridgehead atoms. The van der Waals surface area contributed by atoms with E-state index < -0.39 is 5.91 Å². The predicted octanol–water partition coefficient (Wildman–Crippen LogP) is 2.59. The van der Waals surface area contributed by atoms with Gasteiger partial charge in [-0.15, -0.1) is 0 Å². The zero-order chi connectivity index (χ0) is 22.2. The highest BCUT2D eigenvalue weighted by Gasteiger charge is 2.33. The molecule has 0 atom stereocenters. The summed E-state index contributed by atoms with van der Waals surface area (Å²) >= 11 is 0. The Morgan fingerprint density at radius 2 is 1.62 bits per heavy atom. The van der Waals surface area contributed by atoms with E-state index in [4.69, 9.17) is 9.94 Å². The number of rotatable bonds is 4. The summed E-state index contributed by atoms with van der Waals surface area (Å²) in [6.07, 6.45) is 0. The summed E-state index contributed by atoms with van der Waals surface area (Å²) in [5.74, 6) is -1.31. The first kappa shape index (κ1) is 20.2. The van der Waals surface area contributed by atoms with Crippen molar-refractivity contribution >= 4 is 34.2 Å². The van der Waals surface area contributed by atoms with Crippen LogP contribution in [0.5, 0.6) is 0 Å². The van der Waals surface area contributed by atoms with Crippen molar-refractivity contribution < 1.29 is 24.3 Å². The van der Waals surface area contributed by atoms with Gasteiger partial charge < -0.3 is 9.64 Å². The molecule has 162 valence electrons. The smallest absolute Gasteiger partial charge is 0.274 e. The molecule has 0 unspecified atom stereocenters. The number of nitrogens with one attached hydrogen (secondary N) is 1. The van der Waals surface area contributed by atoms with Crippen molar-refractivity contribution in [2.75, 3.05) is 31.2 Å². The third-order valence-electron chi connectivity index (χ3n) is 5.98. The van der Waals surface area contributed by atoms with Gasteiger partial charge in [-0.25, -0.2) is 5.48 Å². The quantitative estimate of drug-likeness (QED) is 0.374. The summed E-state index contributed by atoms with van der Waals surface area (Å²) < 4.78 is 5.45. The fourth-order valence-electron chi connectivity index (χ4n) is 4.36. The molecule has 3 aromatic rings. The SMILES string of the molecule is O=C(NO)c1ccc(CN2C(=O)c3cccc4c(N5CCOCC5)ccc(c34)C2=O)cc1. The Kier molecular flexibility index (Phi) is 5.08. The number of hydroxylamine groups is 1. The second kappa shape index (κ2) is 8.07. The highest BCUT2D eigenvalue weighted by Crippen LogP contribution is 2.36. The number of carbonyl (C=O) groups is 3. The molecule has 2 heterocycles. The van der Waals surface area contributed by atoms with Crippen LogP contribution in [-0.4, -0.2) is 54.1 Å². The zero-order valence-corrected chi connectivity index (χ0v) is 17.2. The van der Waals surface area contributed by atoms with Gasteiger partial charge in [0.15, 0.2) is 0 Å². The van der Waals surface area contributed by atoms with Gasteiger partial charge in [0.2, 0.25) is 0 Å². The van der Waals surface area contributed by atoms with Crippen molar-refractivity contribution in [2.45, 2.75) is 6.54 Å². The number of anilines is 1. The highest BCUT2D eigenvalue weighted by atomic mass is 16.5. The number of amides is 3. The summed E-state index contributed by atoms with van der Waals surface area (Å²) in [6.45, 7) is 2.90. The van der Waals surface area contributed by atoms with Gasteiger partial charge in [-0.1, -0.05) is 24.3 Å². The van der Waals surface area contributed by atoms with E-state index in [0.717, 1.165) is 24.2 Å². The summed E-state index contributed by atoms with van der Waals surface area (Å²) in [5.41, 5.74) is 4.56. The Morgan fingerprint density at radius 1 is 0.938 bits per heavy atom. The lowest BCUT2D eigenvalue weighted by Gasteiger charge is -2.32. The molecule has 1 saturated heterocycles. The third-order valence-corrected chi connectivity index (χ3v) is 5.98. The van der Waals surface area contributed by atoms with Crippen LogP contribution in [0.15, 0.2) is 54.6 Å². The van der Waals surface area contributed by atoms with E-state index in [-0.39, 0.29) is 23.9 Å². The van der Waals surface area contributed by atoms with Crippen molar-refractivity contribution in [2.24, 2.45) is 0 Å². The molecule has 0 aliphatic carbocycles. The van der Waals surface area contributed by atoms with Crippen LogP contribution in [0, 0.1) is 0 Å². The van der Waals surface area contributed by atoms with Crippen molar-refractivity contribution in [3.63, 3.8) is 0 Å². The lowest BCUT2D eigenvalue weighted by Crippen LogP contribution is -2.40. The molecule has 0 spiro atoms. The molecule has 5 rings (SSSR count). The van der Waals surface area contributed by atoms with E-state index in [2.05, 4.69) is 4.90 Å². The first-order valence-corrected chi connectivity index (χ1v) is 10.4. The Balaban J connectivity index is 1.50. The maximum Gasteiger partial charge on any atom is 0.274 e. The average molecular weight is 431 g/mol. The van der Waals surface area contributed by atoms with Crippen LogP contribution in [0.2, 0.25) is 0 Å². The van der Waals surface area contributed by atoms with Crippen molar-refractivity contribution in [1.82, 2.24) is 10.4 Å². The number of hydrogen-bond donors (Lipinski definition) is 2. The Bertz CT molecular complexity index is 1210. The van der Waals surface area contributed by atoms with Crippen LogP contribution in [0.25, 0.3) is 10.8 Å². The van der Waals surface area contributed by atoms with Crippen molar-refractivity contribution in [1.29, 1.82) is 0 Å². The van der Waals surface area contributed by atoms with Crippen molar-refractivity contribution in [3.05, 3.63) is 76.9 Å². The van der Waals surface area contributed by atoms with Gasteiger partial charge in [0.1, 0.15) is 0 Å². The molecule has 3 aromatic carbocycles. The molecule has 32 heavy (non-hydrogen) atoms. The predicted molar refractivity (Wildman–Crippen MR) is 117 cm³/mol. The molecular weight excluding hydrogens is 410 g/mol. The minimum absolute atomic E-state index is 0.0831. The molecule has 2 N–H and O–H groups in total. The Morgan fingerprint density at radius 3 is 2.31 bits per heavy atom. The molecule has 0 radical (unpaired) electrons. The molecule has 8 nitrogen and oxygen atoms in total. The number of ether oxygens (including phenoxy) is 1. The molecule has 0 saturated carbocycles. The van der Waals surface area contributed by atoms with E-state index in [9.17, 15) is 14.4 Å². The van der Waals surface area contributed by atoms with Gasteiger partial charge in [0.05, 0.1) is 19.8 Å². The summed E-state index contributed by atoms with van der Waals surface area (Å²) in [7, 11) is 0. The number of nitrogens with zero attached hydrogens (tertiary/aromatic N) is 2. The maximum absolute atomic E-state index is 13.3. The molecule has 0 aromatic heterocycles. The molecular formula is C24H21N3O5. The first-order valence-electron chi connectivity index (χ1n) is 10.4. The fraction of sp³-hybridized carbons (Fsp3) is 0.208. The standard InChI is InChI=1S/C24H21N3O5/c28-22(25-31)16-6-4-15(5-7-16)14-27-23(29)18-3-1-2-17-20(26-10-12-32-13-11-26)9-8-19(21(17)18)24(27)30/h1-9,31H,10-14H2,(H,25,28). The molecule has 1 fully saturated rings. The average Bonchev–Trinajstić information content (AvgIpc) is 2.85. The molecule has 2 aliphatic heterocycles. The maximum atomic E-state index is 13.3. The van der Waals surface area contributed by atoms with Crippen LogP contribution >= 0.6 is 0 Å². The first-order chi connectivity index (χ1) is 15.6. The zero-order valence-electron chi connectivity index (χ0n) is 17.2. The van der Waals surface area contributed by atoms with Crippen molar-refractivity contribution in [3.8, 4) is 0 Å². The Hall–Kier alpha value is -3.75. The summed E-state index contributed by atoms with van der Waals surface area (Å²) in [5, 5.41) is 10.3. The largest absolute Gasteiger partial charge is 0.378 e. The van der Waals surface area contributed by atoms with Gasteiger partial charge in [0, 0.05) is 46.2 Å². The van der Waals surface area contributed by atoms with Crippen LogP contribution in [0.3, 0.4) is 0 Å². The minimum Gasteiger partial charge on any atom is -0.378 e. The minimum atomic E-state index is -0.627. The number of hydrogen-bond acceptors (Lipinski definition) is 6. The lowest BCUT2D eigenvalue weighted by atomic mass is 9.92. The number of imide groups is 1. The normalized spacial score (nSPS) is 15.9. The van der Waals surface area contributed by atoms with Crippen LogP contribution in [0.4, 0.5) is 5.69 Å². The Labute approximate surface area is 183 Å². The van der Waals surface area contributed by atoms with E-state index in [1.54, 1.807) is 29.7 Å². The van der Waals surface area contributed by atoms with Gasteiger partial charge >= 0.3 is 0 Å². The van der Waals surface area contributed by atoms with Crippen LogP contribution in [0.1, 0.15) is 36.6 Å². The van der Waals surface area contributed by atoms with Gasteiger partial charge in [-0.05, 0) is 35.9 Å². The molecule has 8 heteroatoms. The fourth-order valence-corrected chi connectivity index (χ4v) is 4.36. The van der Waals surface area contributed by atoms with E-state index in [1.807, 2.05) is 18.2 Å². The lowest BCUT2D eigenvalue weighted by molar-refractivity contribution is 0.0597. The second-order valence-electron chi connectivity index (χ2n) is 7.79. The number of benzene rings is 3. The second-order valence-corrected chi connectivity index (χ2v) is 7.79. The van der Waals surface area contributed by atoms with Gasteiger partial charge in [-0.3, -0.25) is 24.5 Å². The monoisotopic (exact) mass is 431 g/mol. The van der Waals surface area contributed by atoms with E-state index >= 15 is 0 Å². The van der Waals surface area contributed by atoms with Crippen LogP contribution < -0.4 is 10.4 Å². The van der Waals surface area contributed by atoms with Gasteiger partial charge in [-0.2, -0.15) is 0 Å². The highest BCUT2D eigenvalue weighted by molar-refractivity contribution is 6.26. The van der Waals surface area contributed by atoms with E-state index in [0.29, 0.717) is 35.3 Å². The molecule has 3 amide bonds. The van der Waals surface area contributed by atoms with Crippen LogP contribution in [-0.2, 0) is 11.3 Å². The number of morpholine rings is 1. The summed E-state index contributed by atoms with van der Waals surface area (Å²) in [6, 6.07) is 15.7. The summed E-state index contributed by atoms with van der Waals surface area (Å²) in [4.78, 5) is 41.6. The third kappa shape index (κ3) is 3.30. The number of carbonyl (C=O) groups excluding carboxylic acids is 3. The molecule has 2 aliphatic rings. The van der Waals surface area contributed by atoms with Gasteiger partial charge in [0.25, 0.3) is 17.7 Å². The topological polar surface area (TPSA) is 99.2 Å². The van der Waals surface area contributed by atoms with E-state index in [1.165, 1.54) is 17.0 Å².